The lowest BCUT2D eigenvalue weighted by Crippen LogP contribution is -2.44. The van der Waals surface area contributed by atoms with Crippen LogP contribution < -0.4 is 5.73 Å². The standard InChI is InChI=1S/C13H16N4O2/c1-8(18)9-6-10(17(2)7-9)11-15-12(16-19-11)13(14)4-3-5-13/h6-7H,3-5,14H2,1-2H3. The van der Waals surface area contributed by atoms with Gasteiger partial charge in [-0.05, 0) is 32.3 Å². The van der Waals surface area contributed by atoms with Gasteiger partial charge in [-0.15, -0.1) is 0 Å². The van der Waals surface area contributed by atoms with Gasteiger partial charge in [0.05, 0.1) is 5.54 Å². The number of Topliss-reactive ketones (excluding diaryl/α,β-unsaturated/α-hetero) is 1. The third-order valence-corrected chi connectivity index (χ3v) is 3.75. The van der Waals surface area contributed by atoms with Crippen molar-refractivity contribution >= 4 is 5.78 Å². The van der Waals surface area contributed by atoms with E-state index in [9.17, 15) is 4.79 Å². The molecule has 1 aliphatic rings. The van der Waals surface area contributed by atoms with Crippen LogP contribution in [0, 0.1) is 0 Å². The molecule has 0 unspecified atom stereocenters. The minimum atomic E-state index is -0.434. The van der Waals surface area contributed by atoms with Crippen LogP contribution in [0.2, 0.25) is 0 Å². The molecule has 0 bridgehead atoms. The van der Waals surface area contributed by atoms with Crippen LogP contribution >= 0.6 is 0 Å². The molecule has 2 aromatic heterocycles. The van der Waals surface area contributed by atoms with Crippen molar-refractivity contribution in [2.45, 2.75) is 31.7 Å². The Balaban J connectivity index is 1.96. The molecule has 0 aromatic carbocycles. The number of nitrogens with two attached hydrogens (primary N) is 1. The van der Waals surface area contributed by atoms with E-state index in [1.54, 1.807) is 16.8 Å². The molecule has 2 N–H and O–H groups in total. The second-order valence-corrected chi connectivity index (χ2v) is 5.21. The number of nitrogens with zero attached hydrogens (tertiary/aromatic N) is 3. The maximum atomic E-state index is 11.4. The third-order valence-electron chi connectivity index (χ3n) is 3.75. The van der Waals surface area contributed by atoms with Crippen LogP contribution in [0.15, 0.2) is 16.8 Å². The van der Waals surface area contributed by atoms with Crippen molar-refractivity contribution in [3.8, 4) is 11.6 Å². The minimum Gasteiger partial charge on any atom is -0.346 e. The molecule has 0 atom stereocenters. The third kappa shape index (κ3) is 1.88. The summed E-state index contributed by atoms with van der Waals surface area (Å²) in [4.78, 5) is 15.7. The summed E-state index contributed by atoms with van der Waals surface area (Å²) in [6.45, 7) is 1.53. The molecule has 6 heteroatoms. The summed E-state index contributed by atoms with van der Waals surface area (Å²) in [5.41, 5.74) is 7.08. The molecule has 1 fully saturated rings. The van der Waals surface area contributed by atoms with E-state index in [-0.39, 0.29) is 5.78 Å². The van der Waals surface area contributed by atoms with Crippen molar-refractivity contribution in [3.63, 3.8) is 0 Å². The number of hydrogen-bond donors (Lipinski definition) is 1. The summed E-state index contributed by atoms with van der Waals surface area (Å²) in [5, 5.41) is 3.97. The lowest BCUT2D eigenvalue weighted by atomic mass is 9.77. The van der Waals surface area contributed by atoms with E-state index >= 15 is 0 Å². The van der Waals surface area contributed by atoms with Gasteiger partial charge in [-0.3, -0.25) is 4.79 Å². The van der Waals surface area contributed by atoms with Crippen LogP contribution in [0.1, 0.15) is 42.4 Å². The molecule has 2 heterocycles. The van der Waals surface area contributed by atoms with Crippen LogP contribution in [0.5, 0.6) is 0 Å². The van der Waals surface area contributed by atoms with E-state index in [0.29, 0.717) is 17.3 Å². The topological polar surface area (TPSA) is 86.9 Å². The van der Waals surface area contributed by atoms with Crippen molar-refractivity contribution in [1.82, 2.24) is 14.7 Å². The van der Waals surface area contributed by atoms with Gasteiger partial charge in [0.15, 0.2) is 11.6 Å². The van der Waals surface area contributed by atoms with Crippen LogP contribution in [0.4, 0.5) is 0 Å². The van der Waals surface area contributed by atoms with Gasteiger partial charge in [0.25, 0.3) is 5.89 Å². The highest BCUT2D eigenvalue weighted by Gasteiger charge is 2.39. The Hall–Kier alpha value is -1.95. The van der Waals surface area contributed by atoms with Crippen molar-refractivity contribution in [2.24, 2.45) is 12.8 Å². The Bertz CT molecular complexity index is 637. The number of carbonyl (C=O) groups excluding carboxylic acids is 1. The summed E-state index contributed by atoms with van der Waals surface area (Å²) < 4.78 is 7.08. The van der Waals surface area contributed by atoms with Gasteiger partial charge in [-0.2, -0.15) is 4.98 Å². The normalized spacial score (nSPS) is 17.2. The molecule has 3 rings (SSSR count). The zero-order valence-electron chi connectivity index (χ0n) is 11.0. The van der Waals surface area contributed by atoms with Crippen LogP contribution in [-0.4, -0.2) is 20.5 Å². The van der Waals surface area contributed by atoms with Crippen LogP contribution in [-0.2, 0) is 12.6 Å². The smallest absolute Gasteiger partial charge is 0.274 e. The lowest BCUT2D eigenvalue weighted by Gasteiger charge is -2.34. The van der Waals surface area contributed by atoms with Crippen molar-refractivity contribution in [1.29, 1.82) is 0 Å². The molecule has 100 valence electrons. The predicted octanol–water partition coefficient (Wildman–Crippen LogP) is 1.62. The van der Waals surface area contributed by atoms with Crippen LogP contribution in [0.3, 0.4) is 0 Å². The fourth-order valence-electron chi connectivity index (χ4n) is 2.28. The van der Waals surface area contributed by atoms with Gasteiger partial charge in [-0.25, -0.2) is 0 Å². The largest absolute Gasteiger partial charge is 0.346 e. The Kier molecular flexibility index (Phi) is 2.56. The molecule has 2 aromatic rings. The maximum absolute atomic E-state index is 11.4. The number of rotatable bonds is 3. The number of aromatic nitrogens is 3. The Morgan fingerprint density at radius 2 is 2.26 bits per heavy atom. The van der Waals surface area contributed by atoms with Crippen molar-refractivity contribution < 1.29 is 9.32 Å². The Morgan fingerprint density at radius 1 is 1.53 bits per heavy atom. The minimum absolute atomic E-state index is 0.0101. The molecular formula is C13H16N4O2. The molecule has 0 spiro atoms. The van der Waals surface area contributed by atoms with E-state index in [2.05, 4.69) is 10.1 Å². The molecule has 19 heavy (non-hydrogen) atoms. The predicted molar refractivity (Wildman–Crippen MR) is 68.4 cm³/mol. The molecule has 1 aliphatic carbocycles. The number of aryl methyl sites for hydroxylation is 1. The average molecular weight is 260 g/mol. The summed E-state index contributed by atoms with van der Waals surface area (Å²) in [7, 11) is 1.84. The van der Waals surface area contributed by atoms with Crippen molar-refractivity contribution in [2.75, 3.05) is 0 Å². The van der Waals surface area contributed by atoms with E-state index in [4.69, 9.17) is 10.3 Å². The fraction of sp³-hybridized carbons (Fsp3) is 0.462. The van der Waals surface area contributed by atoms with Gasteiger partial charge in [0.1, 0.15) is 5.69 Å². The van der Waals surface area contributed by atoms with E-state index in [1.807, 2.05) is 7.05 Å². The van der Waals surface area contributed by atoms with Crippen molar-refractivity contribution in [3.05, 3.63) is 23.7 Å². The summed E-state index contributed by atoms with van der Waals surface area (Å²) >= 11 is 0. The number of hydrogen-bond acceptors (Lipinski definition) is 5. The maximum Gasteiger partial charge on any atom is 0.274 e. The molecule has 0 aliphatic heterocycles. The van der Waals surface area contributed by atoms with E-state index in [0.717, 1.165) is 25.0 Å². The molecule has 0 saturated heterocycles. The fourth-order valence-corrected chi connectivity index (χ4v) is 2.28. The van der Waals surface area contributed by atoms with Crippen LogP contribution in [0.25, 0.3) is 11.6 Å². The second kappa shape index (κ2) is 4.03. The zero-order chi connectivity index (χ0) is 13.6. The summed E-state index contributed by atoms with van der Waals surface area (Å²) in [6, 6.07) is 1.75. The molecule has 0 amide bonds. The quantitative estimate of drug-likeness (QED) is 0.847. The first-order valence-corrected chi connectivity index (χ1v) is 6.30. The summed E-state index contributed by atoms with van der Waals surface area (Å²) in [6.07, 6.45) is 4.62. The first kappa shape index (κ1) is 12.1. The number of ketones is 1. The highest BCUT2D eigenvalue weighted by atomic mass is 16.5. The molecule has 0 radical (unpaired) electrons. The Morgan fingerprint density at radius 3 is 2.79 bits per heavy atom. The van der Waals surface area contributed by atoms with Gasteiger partial charge < -0.3 is 14.8 Å². The monoisotopic (exact) mass is 260 g/mol. The van der Waals surface area contributed by atoms with E-state index < -0.39 is 5.54 Å². The Labute approximate surface area is 110 Å². The molecule has 1 saturated carbocycles. The van der Waals surface area contributed by atoms with Gasteiger partial charge in [0, 0.05) is 18.8 Å². The second-order valence-electron chi connectivity index (χ2n) is 5.21. The zero-order valence-corrected chi connectivity index (χ0v) is 11.0. The first-order valence-electron chi connectivity index (χ1n) is 6.30. The SMILES string of the molecule is CC(=O)c1cc(-c2nc(C3(N)CCC3)no2)n(C)c1. The van der Waals surface area contributed by atoms with Gasteiger partial charge in [-0.1, -0.05) is 5.16 Å². The van der Waals surface area contributed by atoms with E-state index in [1.165, 1.54) is 6.92 Å². The molecular weight excluding hydrogens is 244 g/mol. The molecule has 6 nitrogen and oxygen atoms in total. The first-order chi connectivity index (χ1) is 8.99. The highest BCUT2D eigenvalue weighted by molar-refractivity contribution is 5.95. The van der Waals surface area contributed by atoms with Gasteiger partial charge in [0.2, 0.25) is 0 Å². The lowest BCUT2D eigenvalue weighted by molar-refractivity contribution is 0.101. The average Bonchev–Trinajstić information content (AvgIpc) is 2.92. The van der Waals surface area contributed by atoms with Gasteiger partial charge >= 0.3 is 0 Å². The number of carbonyl (C=O) groups is 1. The summed E-state index contributed by atoms with van der Waals surface area (Å²) in [5.74, 6) is 0.969. The highest BCUT2D eigenvalue weighted by Crippen LogP contribution is 2.37.